The Hall–Kier alpha value is -1.88. The van der Waals surface area contributed by atoms with Crippen LogP contribution in [0.1, 0.15) is 36.5 Å². The van der Waals surface area contributed by atoms with Crippen molar-refractivity contribution in [3.8, 4) is 5.75 Å². The van der Waals surface area contributed by atoms with Crippen LogP contribution in [-0.4, -0.2) is 35.7 Å². The van der Waals surface area contributed by atoms with Crippen molar-refractivity contribution in [2.24, 2.45) is 0 Å². The molecule has 0 bridgehead atoms. The Bertz CT molecular complexity index is 480. The van der Waals surface area contributed by atoms with Crippen molar-refractivity contribution in [3.05, 3.63) is 29.8 Å². The van der Waals surface area contributed by atoms with Crippen LogP contribution in [0.25, 0.3) is 0 Å². The molecule has 0 saturated carbocycles. The number of ether oxygens (including phenoxy) is 2. The number of hydrogen-bond donors (Lipinski definition) is 1. The molecule has 1 saturated heterocycles. The van der Waals surface area contributed by atoms with Crippen LogP contribution in [0, 0.1) is 0 Å². The predicted octanol–water partition coefficient (Wildman–Crippen LogP) is 2.29. The molecular formula is C15H18O5. The second-order valence-corrected chi connectivity index (χ2v) is 4.77. The molecule has 5 nitrogen and oxygen atoms in total. The van der Waals surface area contributed by atoms with E-state index in [1.807, 2.05) is 6.92 Å². The fourth-order valence-electron chi connectivity index (χ4n) is 2.14. The molecule has 1 heterocycles. The summed E-state index contributed by atoms with van der Waals surface area (Å²) in [7, 11) is 0. The molecule has 0 aromatic heterocycles. The lowest BCUT2D eigenvalue weighted by atomic mass is 10.1. The highest BCUT2D eigenvalue weighted by Crippen LogP contribution is 2.21. The number of aliphatic carboxylic acids is 1. The van der Waals surface area contributed by atoms with Gasteiger partial charge in [0.15, 0.2) is 11.9 Å². The van der Waals surface area contributed by atoms with Crippen molar-refractivity contribution >= 4 is 11.8 Å². The van der Waals surface area contributed by atoms with Gasteiger partial charge in [0.25, 0.3) is 0 Å². The quantitative estimate of drug-likeness (QED) is 0.808. The molecule has 20 heavy (non-hydrogen) atoms. The highest BCUT2D eigenvalue weighted by Gasteiger charge is 2.30. The Morgan fingerprint density at radius 2 is 2.00 bits per heavy atom. The topological polar surface area (TPSA) is 72.8 Å². The lowest BCUT2D eigenvalue weighted by Gasteiger charge is -2.13. The van der Waals surface area contributed by atoms with Gasteiger partial charge in [-0.1, -0.05) is 6.92 Å². The Morgan fingerprint density at radius 3 is 2.55 bits per heavy atom. The van der Waals surface area contributed by atoms with E-state index in [1.165, 1.54) is 0 Å². The monoisotopic (exact) mass is 278 g/mol. The van der Waals surface area contributed by atoms with Crippen LogP contribution in [-0.2, 0) is 9.53 Å². The van der Waals surface area contributed by atoms with Gasteiger partial charge < -0.3 is 14.6 Å². The largest absolute Gasteiger partial charge is 0.491 e. The number of ketones is 1. The summed E-state index contributed by atoms with van der Waals surface area (Å²) >= 11 is 0. The highest BCUT2D eigenvalue weighted by atomic mass is 16.6. The first-order valence-electron chi connectivity index (χ1n) is 6.74. The number of benzene rings is 1. The molecule has 1 aromatic rings. The minimum atomic E-state index is -0.921. The van der Waals surface area contributed by atoms with Gasteiger partial charge in [-0.2, -0.15) is 0 Å². The summed E-state index contributed by atoms with van der Waals surface area (Å²) in [6.45, 7) is 2.15. The molecule has 0 radical (unpaired) electrons. The van der Waals surface area contributed by atoms with Crippen LogP contribution < -0.4 is 4.74 Å². The van der Waals surface area contributed by atoms with Gasteiger partial charge in [0.05, 0.1) is 6.10 Å². The van der Waals surface area contributed by atoms with Gasteiger partial charge >= 0.3 is 5.97 Å². The molecule has 2 rings (SSSR count). The van der Waals surface area contributed by atoms with E-state index in [0.29, 0.717) is 37.2 Å². The van der Waals surface area contributed by atoms with Gasteiger partial charge in [0.2, 0.25) is 0 Å². The Labute approximate surface area is 117 Å². The molecule has 5 heteroatoms. The van der Waals surface area contributed by atoms with Crippen LogP contribution in [0.5, 0.6) is 5.75 Å². The fourth-order valence-corrected chi connectivity index (χ4v) is 2.14. The minimum Gasteiger partial charge on any atom is -0.491 e. The zero-order valence-electron chi connectivity index (χ0n) is 11.4. The van der Waals surface area contributed by atoms with Crippen molar-refractivity contribution in [1.82, 2.24) is 0 Å². The average Bonchev–Trinajstić information content (AvgIpc) is 2.94. The third kappa shape index (κ3) is 3.57. The normalized spacial score (nSPS) is 21.6. The maximum Gasteiger partial charge on any atom is 0.332 e. The number of rotatable bonds is 6. The molecule has 1 N–H and O–H groups in total. The minimum absolute atomic E-state index is 0.0972. The van der Waals surface area contributed by atoms with Crippen molar-refractivity contribution < 1.29 is 24.2 Å². The second kappa shape index (κ2) is 6.52. The number of carbonyl (C=O) groups is 2. The molecule has 108 valence electrons. The molecule has 1 fully saturated rings. The van der Waals surface area contributed by atoms with Gasteiger partial charge in [-0.25, -0.2) is 4.79 Å². The summed E-state index contributed by atoms with van der Waals surface area (Å²) in [4.78, 5) is 22.2. The van der Waals surface area contributed by atoms with Gasteiger partial charge in [-0.05, 0) is 37.1 Å². The summed E-state index contributed by atoms with van der Waals surface area (Å²) < 4.78 is 10.9. The zero-order valence-corrected chi connectivity index (χ0v) is 11.4. The first-order valence-corrected chi connectivity index (χ1v) is 6.74. The molecule has 1 aliphatic rings. The smallest absolute Gasteiger partial charge is 0.332 e. The molecule has 0 amide bonds. The summed E-state index contributed by atoms with van der Waals surface area (Å²) in [5.41, 5.74) is 0.669. The fraction of sp³-hybridized carbons (Fsp3) is 0.467. The lowest BCUT2D eigenvalue weighted by molar-refractivity contribution is -0.149. The van der Waals surface area contributed by atoms with Crippen LogP contribution in [0.2, 0.25) is 0 Å². The van der Waals surface area contributed by atoms with Crippen LogP contribution in [0.15, 0.2) is 24.3 Å². The van der Waals surface area contributed by atoms with Crippen LogP contribution >= 0.6 is 0 Å². The number of carbonyl (C=O) groups excluding carboxylic acids is 1. The number of hydrogen-bond acceptors (Lipinski definition) is 4. The number of carboxylic acid groups (broad SMARTS) is 1. The summed E-state index contributed by atoms with van der Waals surface area (Å²) in [6.07, 6.45) is 0.782. The van der Waals surface area contributed by atoms with E-state index >= 15 is 0 Å². The van der Waals surface area contributed by atoms with E-state index in [0.717, 1.165) is 0 Å². The maximum absolute atomic E-state index is 11.5. The molecule has 1 aliphatic heterocycles. The van der Waals surface area contributed by atoms with E-state index in [1.54, 1.807) is 24.3 Å². The first kappa shape index (κ1) is 14.5. The van der Waals surface area contributed by atoms with E-state index in [4.69, 9.17) is 14.6 Å². The highest BCUT2D eigenvalue weighted by molar-refractivity contribution is 5.95. The summed E-state index contributed by atoms with van der Waals surface area (Å²) in [6, 6.07) is 6.95. The van der Waals surface area contributed by atoms with Crippen molar-refractivity contribution in [1.29, 1.82) is 0 Å². The molecule has 1 aromatic carbocycles. The predicted molar refractivity (Wildman–Crippen MR) is 72.1 cm³/mol. The molecular weight excluding hydrogens is 260 g/mol. The van der Waals surface area contributed by atoms with E-state index < -0.39 is 12.1 Å². The molecule has 2 unspecified atom stereocenters. The first-order chi connectivity index (χ1) is 9.60. The average molecular weight is 278 g/mol. The van der Waals surface area contributed by atoms with E-state index in [9.17, 15) is 9.59 Å². The Kier molecular flexibility index (Phi) is 4.74. The van der Waals surface area contributed by atoms with Gasteiger partial charge in [0.1, 0.15) is 12.4 Å². The summed E-state index contributed by atoms with van der Waals surface area (Å²) in [5, 5.41) is 8.82. The molecule has 0 aliphatic carbocycles. The standard InChI is InChI=1S/C15H18O5/c1-2-13(16)10-3-5-11(6-4-10)19-9-12-7-8-14(20-12)15(17)18/h3-6,12,14H,2,7-9H2,1H3,(H,17,18). The Balaban J connectivity index is 1.83. The van der Waals surface area contributed by atoms with Crippen LogP contribution in [0.4, 0.5) is 0 Å². The number of Topliss-reactive ketones (excluding diaryl/α,β-unsaturated/α-hetero) is 1. The second-order valence-electron chi connectivity index (χ2n) is 4.77. The molecule has 0 spiro atoms. The number of carboxylic acids is 1. The third-order valence-electron chi connectivity index (χ3n) is 3.32. The van der Waals surface area contributed by atoms with Crippen molar-refractivity contribution in [2.45, 2.75) is 38.4 Å². The molecule has 2 atom stereocenters. The van der Waals surface area contributed by atoms with Gasteiger partial charge in [-0.3, -0.25) is 4.79 Å². The summed E-state index contributed by atoms with van der Waals surface area (Å²) in [5.74, 6) is -0.171. The third-order valence-corrected chi connectivity index (χ3v) is 3.32. The Morgan fingerprint density at radius 1 is 1.30 bits per heavy atom. The zero-order chi connectivity index (χ0) is 14.5. The SMILES string of the molecule is CCC(=O)c1ccc(OCC2CCC(C(=O)O)O2)cc1. The van der Waals surface area contributed by atoms with Gasteiger partial charge in [0, 0.05) is 12.0 Å². The van der Waals surface area contributed by atoms with Crippen LogP contribution in [0.3, 0.4) is 0 Å². The van der Waals surface area contributed by atoms with Crippen molar-refractivity contribution in [3.63, 3.8) is 0 Å². The lowest BCUT2D eigenvalue weighted by Crippen LogP contribution is -2.23. The van der Waals surface area contributed by atoms with Gasteiger partial charge in [-0.15, -0.1) is 0 Å². The van der Waals surface area contributed by atoms with E-state index in [-0.39, 0.29) is 11.9 Å². The van der Waals surface area contributed by atoms with Crippen molar-refractivity contribution in [2.75, 3.05) is 6.61 Å². The van der Waals surface area contributed by atoms with E-state index in [2.05, 4.69) is 0 Å². The maximum atomic E-state index is 11.5.